The van der Waals surface area contributed by atoms with E-state index >= 15 is 0 Å². The first kappa shape index (κ1) is 14.5. The molecule has 0 unspecified atom stereocenters. The molecule has 0 aliphatic heterocycles. The van der Waals surface area contributed by atoms with E-state index in [1.165, 1.54) is 22.7 Å². The number of carbonyl (C=O) groups is 1. The van der Waals surface area contributed by atoms with Crippen molar-refractivity contribution in [2.45, 2.75) is 6.54 Å². The van der Waals surface area contributed by atoms with Crippen molar-refractivity contribution in [2.75, 3.05) is 7.05 Å². The van der Waals surface area contributed by atoms with Crippen molar-refractivity contribution in [1.82, 2.24) is 14.7 Å². The molecule has 6 nitrogen and oxygen atoms in total. The van der Waals surface area contributed by atoms with Crippen molar-refractivity contribution in [1.29, 1.82) is 5.26 Å². The maximum atomic E-state index is 12.9. The molecule has 0 fully saturated rings. The van der Waals surface area contributed by atoms with Crippen molar-refractivity contribution in [3.05, 3.63) is 47.0 Å². The summed E-state index contributed by atoms with van der Waals surface area (Å²) in [5, 5.41) is 22.6. The van der Waals surface area contributed by atoms with E-state index in [-0.39, 0.29) is 12.1 Å². The molecule has 2 aromatic rings. The summed E-state index contributed by atoms with van der Waals surface area (Å²) in [7, 11) is 3.17. The smallest absolute Gasteiger partial charge is 0.257 e. The highest BCUT2D eigenvalue weighted by Gasteiger charge is 2.18. The number of aromatic hydroxyl groups is 1. The largest absolute Gasteiger partial charge is 0.507 e. The molecule has 1 amide bonds. The number of phenols is 1. The number of aryl methyl sites for hydroxylation is 1. The van der Waals surface area contributed by atoms with Crippen LogP contribution in [0.15, 0.2) is 24.3 Å². The molecule has 1 aromatic carbocycles. The fraction of sp³-hybridized carbons (Fsp3) is 0.214. The number of hydrogen-bond acceptors (Lipinski definition) is 4. The topological polar surface area (TPSA) is 82.2 Å². The number of nitriles is 1. The van der Waals surface area contributed by atoms with Gasteiger partial charge < -0.3 is 10.0 Å². The summed E-state index contributed by atoms with van der Waals surface area (Å²) < 4.78 is 14.3. The molecular formula is C14H13FN4O2. The van der Waals surface area contributed by atoms with E-state index in [0.29, 0.717) is 11.4 Å². The average molecular weight is 288 g/mol. The quantitative estimate of drug-likeness (QED) is 0.925. The number of benzene rings is 1. The van der Waals surface area contributed by atoms with Crippen LogP contribution in [0, 0.1) is 17.1 Å². The van der Waals surface area contributed by atoms with Gasteiger partial charge in [-0.2, -0.15) is 10.4 Å². The second-order valence-electron chi connectivity index (χ2n) is 4.58. The zero-order chi connectivity index (χ0) is 15.6. The number of nitrogens with zero attached hydrogens (tertiary/aromatic N) is 4. The van der Waals surface area contributed by atoms with Crippen LogP contribution in [0.2, 0.25) is 0 Å². The minimum atomic E-state index is -0.616. The first-order chi connectivity index (χ1) is 9.92. The van der Waals surface area contributed by atoms with Crippen LogP contribution in [0.25, 0.3) is 0 Å². The van der Waals surface area contributed by atoms with E-state index < -0.39 is 17.5 Å². The summed E-state index contributed by atoms with van der Waals surface area (Å²) in [5.41, 5.74) is 0.942. The molecule has 7 heteroatoms. The minimum absolute atomic E-state index is 0.00957. The molecule has 0 bridgehead atoms. The van der Waals surface area contributed by atoms with Gasteiger partial charge in [-0.15, -0.1) is 0 Å². The minimum Gasteiger partial charge on any atom is -0.507 e. The average Bonchev–Trinajstić information content (AvgIpc) is 2.78. The van der Waals surface area contributed by atoms with Gasteiger partial charge in [-0.3, -0.25) is 9.48 Å². The lowest BCUT2D eigenvalue weighted by Crippen LogP contribution is -2.26. The molecule has 1 N–H and O–H groups in total. The number of amides is 1. The number of hydrogen-bond donors (Lipinski definition) is 1. The molecule has 2 rings (SSSR count). The van der Waals surface area contributed by atoms with Crippen molar-refractivity contribution >= 4 is 5.91 Å². The molecular weight excluding hydrogens is 275 g/mol. The van der Waals surface area contributed by atoms with Gasteiger partial charge in [0.1, 0.15) is 23.3 Å². The molecule has 0 saturated carbocycles. The van der Waals surface area contributed by atoms with Gasteiger partial charge in [0.05, 0.1) is 17.8 Å². The molecule has 21 heavy (non-hydrogen) atoms. The van der Waals surface area contributed by atoms with Gasteiger partial charge in [0, 0.05) is 20.2 Å². The number of halogens is 1. The summed E-state index contributed by atoms with van der Waals surface area (Å²) in [5.74, 6) is -1.49. The van der Waals surface area contributed by atoms with Crippen LogP contribution in [0.1, 0.15) is 21.7 Å². The predicted molar refractivity (Wildman–Crippen MR) is 71.8 cm³/mol. The van der Waals surface area contributed by atoms with Crippen molar-refractivity contribution in [3.63, 3.8) is 0 Å². The Morgan fingerprint density at radius 2 is 2.24 bits per heavy atom. The molecule has 0 atom stereocenters. The maximum Gasteiger partial charge on any atom is 0.257 e. The zero-order valence-electron chi connectivity index (χ0n) is 11.5. The van der Waals surface area contributed by atoms with Crippen molar-refractivity contribution in [3.8, 4) is 11.8 Å². The van der Waals surface area contributed by atoms with Gasteiger partial charge >= 0.3 is 0 Å². The van der Waals surface area contributed by atoms with Crippen molar-refractivity contribution in [2.24, 2.45) is 7.05 Å². The van der Waals surface area contributed by atoms with E-state index in [1.54, 1.807) is 13.1 Å². The lowest BCUT2D eigenvalue weighted by atomic mass is 10.1. The highest BCUT2D eigenvalue weighted by Crippen LogP contribution is 2.20. The summed E-state index contributed by atoms with van der Waals surface area (Å²) in [6, 6.07) is 6.77. The van der Waals surface area contributed by atoms with Crippen LogP contribution in [0.4, 0.5) is 4.39 Å². The Morgan fingerprint density at radius 3 is 2.81 bits per heavy atom. The maximum absolute atomic E-state index is 12.9. The summed E-state index contributed by atoms with van der Waals surface area (Å²) >= 11 is 0. The van der Waals surface area contributed by atoms with Crippen LogP contribution in [0.3, 0.4) is 0 Å². The van der Waals surface area contributed by atoms with Crippen LogP contribution in [-0.2, 0) is 13.6 Å². The van der Waals surface area contributed by atoms with Crippen molar-refractivity contribution < 1.29 is 14.3 Å². The first-order valence-corrected chi connectivity index (χ1v) is 6.09. The third-order valence-corrected chi connectivity index (χ3v) is 2.98. The lowest BCUT2D eigenvalue weighted by molar-refractivity contribution is 0.0780. The molecule has 0 radical (unpaired) electrons. The Balaban J connectivity index is 2.17. The van der Waals surface area contributed by atoms with E-state index in [0.717, 1.165) is 12.1 Å². The molecule has 108 valence electrons. The molecule has 0 aliphatic rings. The number of phenolic OH excluding ortho intramolecular Hbond substituents is 1. The van der Waals surface area contributed by atoms with E-state index in [2.05, 4.69) is 5.10 Å². The Labute approximate surface area is 120 Å². The third kappa shape index (κ3) is 3.00. The zero-order valence-corrected chi connectivity index (χ0v) is 11.5. The second kappa shape index (κ2) is 5.63. The first-order valence-electron chi connectivity index (χ1n) is 6.09. The molecule has 0 spiro atoms. The Morgan fingerprint density at radius 1 is 1.52 bits per heavy atom. The SMILES string of the molecule is CN(Cc1cc(C#N)n(C)n1)C(=O)c1ccc(F)cc1O. The van der Waals surface area contributed by atoms with Crippen LogP contribution < -0.4 is 0 Å². The molecule has 1 aromatic heterocycles. The van der Waals surface area contributed by atoms with Crippen LogP contribution in [0.5, 0.6) is 5.75 Å². The Bertz CT molecular complexity index is 733. The van der Waals surface area contributed by atoms with E-state index in [4.69, 9.17) is 5.26 Å². The monoisotopic (exact) mass is 288 g/mol. The predicted octanol–water partition coefficient (Wildman–Crippen LogP) is 1.41. The lowest BCUT2D eigenvalue weighted by Gasteiger charge is -2.16. The number of rotatable bonds is 3. The van der Waals surface area contributed by atoms with Gasteiger partial charge in [-0.05, 0) is 18.2 Å². The van der Waals surface area contributed by atoms with E-state index in [9.17, 15) is 14.3 Å². The highest BCUT2D eigenvalue weighted by atomic mass is 19.1. The van der Waals surface area contributed by atoms with Gasteiger partial charge in [0.25, 0.3) is 5.91 Å². The van der Waals surface area contributed by atoms with E-state index in [1.807, 2.05) is 6.07 Å². The molecule has 1 heterocycles. The molecule has 0 saturated heterocycles. The number of aromatic nitrogens is 2. The Kier molecular flexibility index (Phi) is 3.89. The highest BCUT2D eigenvalue weighted by molar-refractivity contribution is 5.96. The molecule has 0 aliphatic carbocycles. The van der Waals surface area contributed by atoms with Gasteiger partial charge in [0.15, 0.2) is 0 Å². The second-order valence-corrected chi connectivity index (χ2v) is 4.58. The third-order valence-electron chi connectivity index (χ3n) is 2.98. The summed E-state index contributed by atoms with van der Waals surface area (Å²) in [4.78, 5) is 13.5. The fourth-order valence-electron chi connectivity index (χ4n) is 1.91. The Hall–Kier alpha value is -2.88. The summed E-state index contributed by atoms with van der Waals surface area (Å²) in [6.45, 7) is 0.172. The van der Waals surface area contributed by atoms with Crippen LogP contribution in [-0.4, -0.2) is 32.7 Å². The normalized spacial score (nSPS) is 10.2. The van der Waals surface area contributed by atoms with Gasteiger partial charge in [-0.1, -0.05) is 0 Å². The standard InChI is InChI=1S/C14H13FN4O2/c1-18(8-10-6-11(7-16)19(2)17-10)14(21)12-4-3-9(15)5-13(12)20/h3-6,20H,8H2,1-2H3. The number of carbonyl (C=O) groups excluding carboxylic acids is 1. The van der Waals surface area contributed by atoms with Gasteiger partial charge in [0.2, 0.25) is 0 Å². The van der Waals surface area contributed by atoms with Gasteiger partial charge in [-0.25, -0.2) is 4.39 Å². The summed E-state index contributed by atoms with van der Waals surface area (Å²) in [6.07, 6.45) is 0. The fourth-order valence-corrected chi connectivity index (χ4v) is 1.91. The van der Waals surface area contributed by atoms with Crippen LogP contribution >= 0.6 is 0 Å².